The highest BCUT2D eigenvalue weighted by molar-refractivity contribution is 5.39. The second-order valence-corrected chi connectivity index (χ2v) is 4.61. The Morgan fingerprint density at radius 1 is 1.05 bits per heavy atom. The van der Waals surface area contributed by atoms with E-state index in [2.05, 4.69) is 4.90 Å². The average Bonchev–Trinajstić information content (AvgIpc) is 2.46. The normalized spacial score (nSPS) is 11.0. The first-order valence-corrected chi connectivity index (χ1v) is 6.77. The number of rotatable bonds is 10. The van der Waals surface area contributed by atoms with Gasteiger partial charge in [0.1, 0.15) is 11.5 Å². The maximum absolute atomic E-state index is 10.0. The van der Waals surface area contributed by atoms with Crippen molar-refractivity contribution in [2.75, 3.05) is 47.6 Å². The molecule has 5 heteroatoms. The van der Waals surface area contributed by atoms with Gasteiger partial charge in [-0.15, -0.1) is 0 Å². The maximum Gasteiger partial charge on any atom is 0.123 e. The molecule has 0 heterocycles. The summed E-state index contributed by atoms with van der Waals surface area (Å²) in [5, 5.41) is 10.0. The number of methoxy groups -OCH3 is 3. The van der Waals surface area contributed by atoms with Crippen molar-refractivity contribution in [3.8, 4) is 11.5 Å². The van der Waals surface area contributed by atoms with Crippen LogP contribution >= 0.6 is 0 Å². The minimum Gasteiger partial charge on any atom is -0.507 e. The van der Waals surface area contributed by atoms with Gasteiger partial charge in [0, 0.05) is 52.1 Å². The molecule has 0 fully saturated rings. The van der Waals surface area contributed by atoms with Crippen LogP contribution in [0.5, 0.6) is 11.5 Å². The summed E-state index contributed by atoms with van der Waals surface area (Å²) in [6.45, 7) is 3.82. The molecule has 0 radical (unpaired) electrons. The number of phenolic OH excluding ortho intramolecular Hbond substituents is 1. The van der Waals surface area contributed by atoms with E-state index in [9.17, 15) is 5.11 Å². The van der Waals surface area contributed by atoms with Crippen LogP contribution in [0, 0.1) is 0 Å². The molecule has 1 rings (SSSR count). The van der Waals surface area contributed by atoms with E-state index in [1.165, 1.54) is 0 Å². The van der Waals surface area contributed by atoms with E-state index >= 15 is 0 Å². The van der Waals surface area contributed by atoms with Crippen molar-refractivity contribution >= 4 is 0 Å². The first-order chi connectivity index (χ1) is 9.71. The fraction of sp³-hybridized carbons (Fsp3) is 0.600. The van der Waals surface area contributed by atoms with Crippen LogP contribution in [0.4, 0.5) is 0 Å². The van der Waals surface area contributed by atoms with Crippen LogP contribution in [-0.4, -0.2) is 57.6 Å². The summed E-state index contributed by atoms with van der Waals surface area (Å²) in [5.74, 6) is 0.924. The predicted octanol–water partition coefficient (Wildman–Crippen LogP) is 1.89. The van der Waals surface area contributed by atoms with Gasteiger partial charge in [-0.2, -0.15) is 0 Å². The lowest BCUT2D eigenvalue weighted by atomic mass is 10.1. The highest BCUT2D eigenvalue weighted by atomic mass is 16.5. The molecule has 0 atom stereocenters. The lowest BCUT2D eigenvalue weighted by Crippen LogP contribution is -2.28. The summed E-state index contributed by atoms with van der Waals surface area (Å²) in [7, 11) is 4.98. The lowest BCUT2D eigenvalue weighted by molar-refractivity contribution is 0.128. The second kappa shape index (κ2) is 9.58. The molecule has 1 aromatic carbocycles. The Morgan fingerprint density at radius 3 is 2.40 bits per heavy atom. The summed E-state index contributed by atoms with van der Waals surface area (Å²) < 4.78 is 15.3. The fourth-order valence-electron chi connectivity index (χ4n) is 1.97. The largest absolute Gasteiger partial charge is 0.507 e. The standard InChI is InChI=1S/C15H25NO4/c1-18-9-4-7-16(8-10-19-2)12-13-5-6-14(20-3)11-15(13)17/h5-6,11,17H,4,7-10,12H2,1-3H3. The molecule has 5 nitrogen and oxygen atoms in total. The van der Waals surface area contributed by atoms with Crippen molar-refractivity contribution in [1.29, 1.82) is 0 Å². The SMILES string of the molecule is COCCCN(CCOC)Cc1ccc(OC)cc1O. The monoisotopic (exact) mass is 283 g/mol. The summed E-state index contributed by atoms with van der Waals surface area (Å²) in [6, 6.07) is 5.39. The van der Waals surface area contributed by atoms with Gasteiger partial charge in [0.2, 0.25) is 0 Å². The highest BCUT2D eigenvalue weighted by Gasteiger charge is 2.10. The van der Waals surface area contributed by atoms with E-state index < -0.39 is 0 Å². The summed E-state index contributed by atoms with van der Waals surface area (Å²) in [5.41, 5.74) is 0.888. The third kappa shape index (κ3) is 5.77. The van der Waals surface area contributed by atoms with Gasteiger partial charge in [-0.1, -0.05) is 6.07 Å². The van der Waals surface area contributed by atoms with Crippen molar-refractivity contribution in [3.63, 3.8) is 0 Å². The van der Waals surface area contributed by atoms with Gasteiger partial charge in [0.25, 0.3) is 0 Å². The van der Waals surface area contributed by atoms with E-state index in [1.54, 1.807) is 27.4 Å². The number of hydrogen-bond donors (Lipinski definition) is 1. The van der Waals surface area contributed by atoms with Crippen molar-refractivity contribution in [2.45, 2.75) is 13.0 Å². The molecular weight excluding hydrogens is 258 g/mol. The van der Waals surface area contributed by atoms with Crippen LogP contribution in [0.3, 0.4) is 0 Å². The van der Waals surface area contributed by atoms with Gasteiger partial charge in [-0.3, -0.25) is 4.90 Å². The van der Waals surface area contributed by atoms with Gasteiger partial charge < -0.3 is 19.3 Å². The van der Waals surface area contributed by atoms with Gasteiger partial charge in [-0.05, 0) is 12.5 Å². The maximum atomic E-state index is 10.0. The molecule has 0 aliphatic carbocycles. The molecule has 0 aliphatic rings. The van der Waals surface area contributed by atoms with E-state index in [-0.39, 0.29) is 5.75 Å². The Hall–Kier alpha value is -1.30. The molecule has 1 N–H and O–H groups in total. The lowest BCUT2D eigenvalue weighted by Gasteiger charge is -2.22. The number of hydrogen-bond acceptors (Lipinski definition) is 5. The molecule has 0 saturated heterocycles. The van der Waals surface area contributed by atoms with E-state index in [0.717, 1.165) is 31.7 Å². The van der Waals surface area contributed by atoms with Crippen LogP contribution in [0.2, 0.25) is 0 Å². The predicted molar refractivity (Wildman–Crippen MR) is 78.3 cm³/mol. The molecule has 0 amide bonds. The molecule has 0 spiro atoms. The molecule has 1 aromatic rings. The number of ether oxygens (including phenoxy) is 3. The fourth-order valence-corrected chi connectivity index (χ4v) is 1.97. The van der Waals surface area contributed by atoms with Gasteiger partial charge in [0.15, 0.2) is 0 Å². The zero-order valence-electron chi connectivity index (χ0n) is 12.6. The first kappa shape index (κ1) is 16.8. The van der Waals surface area contributed by atoms with Crippen LogP contribution in [0.15, 0.2) is 18.2 Å². The molecular formula is C15H25NO4. The van der Waals surface area contributed by atoms with E-state index in [1.807, 2.05) is 12.1 Å². The molecule has 0 aromatic heterocycles. The third-order valence-corrected chi connectivity index (χ3v) is 3.12. The Morgan fingerprint density at radius 2 is 1.80 bits per heavy atom. The molecule has 0 saturated carbocycles. The third-order valence-electron chi connectivity index (χ3n) is 3.12. The Kier molecular flexibility index (Phi) is 8.02. The van der Waals surface area contributed by atoms with Crippen molar-refractivity contribution in [1.82, 2.24) is 4.90 Å². The number of phenols is 1. The Bertz CT molecular complexity index is 384. The zero-order valence-corrected chi connectivity index (χ0v) is 12.6. The van der Waals surface area contributed by atoms with Gasteiger partial charge >= 0.3 is 0 Å². The van der Waals surface area contributed by atoms with Crippen molar-refractivity contribution in [3.05, 3.63) is 23.8 Å². The Balaban J connectivity index is 2.62. The minimum atomic E-state index is 0.263. The van der Waals surface area contributed by atoms with Crippen molar-refractivity contribution in [2.24, 2.45) is 0 Å². The summed E-state index contributed by atoms with van der Waals surface area (Å²) >= 11 is 0. The zero-order chi connectivity index (χ0) is 14.8. The van der Waals surface area contributed by atoms with Crippen molar-refractivity contribution < 1.29 is 19.3 Å². The highest BCUT2D eigenvalue weighted by Crippen LogP contribution is 2.24. The number of benzene rings is 1. The van der Waals surface area contributed by atoms with Crippen LogP contribution in [0.1, 0.15) is 12.0 Å². The van der Waals surface area contributed by atoms with E-state index in [4.69, 9.17) is 14.2 Å². The topological polar surface area (TPSA) is 51.2 Å². The van der Waals surface area contributed by atoms with Gasteiger partial charge in [-0.25, -0.2) is 0 Å². The number of nitrogens with zero attached hydrogens (tertiary/aromatic N) is 1. The molecule has 20 heavy (non-hydrogen) atoms. The molecule has 0 bridgehead atoms. The van der Waals surface area contributed by atoms with E-state index in [0.29, 0.717) is 18.9 Å². The molecule has 0 aliphatic heterocycles. The second-order valence-electron chi connectivity index (χ2n) is 4.61. The van der Waals surface area contributed by atoms with Gasteiger partial charge in [0.05, 0.1) is 13.7 Å². The summed E-state index contributed by atoms with van der Waals surface area (Å²) in [4.78, 5) is 2.24. The van der Waals surface area contributed by atoms with Crippen LogP contribution < -0.4 is 4.74 Å². The minimum absolute atomic E-state index is 0.263. The quantitative estimate of drug-likeness (QED) is 0.665. The Labute approximate surface area is 121 Å². The van der Waals surface area contributed by atoms with Crippen LogP contribution in [-0.2, 0) is 16.0 Å². The molecule has 0 unspecified atom stereocenters. The first-order valence-electron chi connectivity index (χ1n) is 6.77. The number of aromatic hydroxyl groups is 1. The average molecular weight is 283 g/mol. The van der Waals surface area contributed by atoms with Crippen LogP contribution in [0.25, 0.3) is 0 Å². The smallest absolute Gasteiger partial charge is 0.123 e. The summed E-state index contributed by atoms with van der Waals surface area (Å²) in [6.07, 6.45) is 0.955. The molecule has 114 valence electrons.